The van der Waals surface area contributed by atoms with E-state index in [4.69, 9.17) is 27.9 Å². The van der Waals surface area contributed by atoms with Crippen molar-refractivity contribution in [3.63, 3.8) is 0 Å². The molecular weight excluding hydrogens is 223 g/mol. The summed E-state index contributed by atoms with van der Waals surface area (Å²) in [7, 11) is 0. The Hall–Kier alpha value is -0.730. The van der Waals surface area contributed by atoms with Gasteiger partial charge >= 0.3 is 5.97 Å². The maximum Gasteiger partial charge on any atom is 0.328 e. The molecule has 0 N–H and O–H groups in total. The summed E-state index contributed by atoms with van der Waals surface area (Å²) in [4.78, 5) is 11.3. The minimum Gasteiger partial charge on any atom is -0.463 e. The van der Waals surface area contributed by atoms with Crippen LogP contribution in [-0.4, -0.2) is 18.5 Å². The maximum atomic E-state index is 11.3. The number of esters is 1. The van der Waals surface area contributed by atoms with Crippen LogP contribution >= 0.6 is 23.2 Å². The molecule has 0 heterocycles. The highest BCUT2D eigenvalue weighted by molar-refractivity contribution is 6.30. The summed E-state index contributed by atoms with van der Waals surface area (Å²) in [5.41, 5.74) is 0.730. The van der Waals surface area contributed by atoms with E-state index in [9.17, 15) is 4.79 Å². The smallest absolute Gasteiger partial charge is 0.328 e. The van der Waals surface area contributed by atoms with Crippen LogP contribution in [-0.2, 0) is 9.53 Å². The third-order valence-corrected chi connectivity index (χ3v) is 2.21. The van der Waals surface area contributed by atoms with Crippen LogP contribution in [0.1, 0.15) is 10.9 Å². The second-order valence-corrected chi connectivity index (χ2v) is 3.44. The van der Waals surface area contributed by atoms with Crippen molar-refractivity contribution in [3.8, 4) is 0 Å². The molecule has 0 amide bonds. The number of hydrogen-bond donors (Lipinski definition) is 0. The Labute approximate surface area is 92.8 Å². The van der Waals surface area contributed by atoms with Gasteiger partial charge in [-0.15, -0.1) is 23.2 Å². The molecule has 2 nitrogen and oxygen atoms in total. The highest BCUT2D eigenvalue weighted by atomic mass is 35.5. The Morgan fingerprint density at radius 2 is 2.00 bits per heavy atom. The van der Waals surface area contributed by atoms with Crippen LogP contribution in [0, 0.1) is 0 Å². The first-order valence-corrected chi connectivity index (χ1v) is 5.14. The van der Waals surface area contributed by atoms with Crippen LogP contribution in [0.15, 0.2) is 30.3 Å². The van der Waals surface area contributed by atoms with Gasteiger partial charge < -0.3 is 4.74 Å². The van der Waals surface area contributed by atoms with Crippen molar-refractivity contribution in [2.75, 3.05) is 12.5 Å². The minimum absolute atomic E-state index is 0.191. The molecule has 0 unspecified atom stereocenters. The van der Waals surface area contributed by atoms with E-state index in [1.54, 1.807) is 12.1 Å². The van der Waals surface area contributed by atoms with Gasteiger partial charge in [-0.1, -0.05) is 30.3 Å². The summed E-state index contributed by atoms with van der Waals surface area (Å²) in [6.45, 7) is 0.191. The first-order valence-electron chi connectivity index (χ1n) is 4.17. The number of alkyl halides is 2. The molecule has 0 spiro atoms. The first kappa shape index (κ1) is 11.3. The van der Waals surface area contributed by atoms with Crippen molar-refractivity contribution in [2.45, 2.75) is 5.38 Å². The molecule has 0 fully saturated rings. The van der Waals surface area contributed by atoms with Gasteiger partial charge in [0.2, 0.25) is 0 Å². The molecule has 0 saturated heterocycles. The molecule has 0 aromatic heterocycles. The molecule has 0 aliphatic rings. The van der Waals surface area contributed by atoms with Crippen molar-refractivity contribution in [2.24, 2.45) is 0 Å². The highest BCUT2D eigenvalue weighted by Gasteiger charge is 2.18. The van der Waals surface area contributed by atoms with Crippen LogP contribution < -0.4 is 0 Å². The number of carbonyl (C=O) groups is 1. The summed E-state index contributed by atoms with van der Waals surface area (Å²) in [6.07, 6.45) is 0. The second-order valence-electron chi connectivity index (χ2n) is 2.63. The van der Waals surface area contributed by atoms with Gasteiger partial charge in [0.1, 0.15) is 6.61 Å². The number of rotatable bonds is 4. The van der Waals surface area contributed by atoms with Gasteiger partial charge in [0, 0.05) is 0 Å². The summed E-state index contributed by atoms with van der Waals surface area (Å²) in [5, 5.41) is -0.751. The van der Waals surface area contributed by atoms with Gasteiger partial charge in [-0.25, -0.2) is 0 Å². The second kappa shape index (κ2) is 5.89. The molecule has 0 bridgehead atoms. The largest absolute Gasteiger partial charge is 0.463 e. The lowest BCUT2D eigenvalue weighted by atomic mass is 10.1. The van der Waals surface area contributed by atoms with Crippen LogP contribution in [0.2, 0.25) is 0 Å². The molecule has 1 rings (SSSR count). The Kier molecular flexibility index (Phi) is 4.77. The van der Waals surface area contributed by atoms with E-state index in [-0.39, 0.29) is 12.5 Å². The molecular formula is C10H10Cl2O2. The monoisotopic (exact) mass is 232 g/mol. The van der Waals surface area contributed by atoms with Crippen molar-refractivity contribution < 1.29 is 9.53 Å². The number of halogens is 2. The normalized spacial score (nSPS) is 12.1. The highest BCUT2D eigenvalue weighted by Crippen LogP contribution is 2.21. The molecule has 0 aliphatic heterocycles. The van der Waals surface area contributed by atoms with Gasteiger partial charge in [-0.3, -0.25) is 4.79 Å². The number of carbonyl (C=O) groups excluding carboxylic acids is 1. The SMILES string of the molecule is O=C(OCCCl)[C@@H](Cl)c1ccccc1. The van der Waals surface area contributed by atoms with E-state index in [0.29, 0.717) is 0 Å². The fourth-order valence-electron chi connectivity index (χ4n) is 0.970. The van der Waals surface area contributed by atoms with E-state index < -0.39 is 11.3 Å². The standard InChI is InChI=1S/C10H10Cl2O2/c11-6-7-14-10(13)9(12)8-4-2-1-3-5-8/h1-5,9H,6-7H2/t9-/m0/s1. The van der Waals surface area contributed by atoms with E-state index >= 15 is 0 Å². The number of ether oxygens (including phenoxy) is 1. The molecule has 0 aliphatic carbocycles. The Balaban J connectivity index is 2.57. The molecule has 1 aromatic rings. The Morgan fingerprint density at radius 1 is 1.36 bits per heavy atom. The number of hydrogen-bond acceptors (Lipinski definition) is 2. The van der Waals surface area contributed by atoms with Crippen LogP contribution in [0.4, 0.5) is 0 Å². The van der Waals surface area contributed by atoms with Crippen LogP contribution in [0.3, 0.4) is 0 Å². The summed E-state index contributed by atoms with van der Waals surface area (Å²) in [5.74, 6) is -0.178. The summed E-state index contributed by atoms with van der Waals surface area (Å²) >= 11 is 11.3. The first-order chi connectivity index (χ1) is 6.75. The Morgan fingerprint density at radius 3 is 2.57 bits per heavy atom. The topological polar surface area (TPSA) is 26.3 Å². The average molecular weight is 233 g/mol. The molecule has 0 radical (unpaired) electrons. The van der Waals surface area contributed by atoms with Gasteiger partial charge in [0.25, 0.3) is 0 Å². The van der Waals surface area contributed by atoms with Crippen molar-refractivity contribution in [1.82, 2.24) is 0 Å². The lowest BCUT2D eigenvalue weighted by Crippen LogP contribution is -2.12. The zero-order valence-corrected chi connectivity index (χ0v) is 8.96. The average Bonchev–Trinajstić information content (AvgIpc) is 2.26. The summed E-state index contributed by atoms with van der Waals surface area (Å²) < 4.78 is 4.80. The van der Waals surface area contributed by atoms with E-state index in [2.05, 4.69) is 0 Å². The quantitative estimate of drug-likeness (QED) is 0.590. The maximum absolute atomic E-state index is 11.3. The van der Waals surface area contributed by atoms with Gasteiger partial charge in [-0.2, -0.15) is 0 Å². The van der Waals surface area contributed by atoms with E-state index in [1.165, 1.54) is 0 Å². The van der Waals surface area contributed by atoms with E-state index in [0.717, 1.165) is 5.56 Å². The molecule has 14 heavy (non-hydrogen) atoms. The minimum atomic E-state index is -0.751. The fourth-order valence-corrected chi connectivity index (χ4v) is 1.26. The lowest BCUT2D eigenvalue weighted by molar-refractivity contribution is -0.142. The van der Waals surface area contributed by atoms with Crippen LogP contribution in [0.25, 0.3) is 0 Å². The van der Waals surface area contributed by atoms with Crippen molar-refractivity contribution in [1.29, 1.82) is 0 Å². The fraction of sp³-hybridized carbons (Fsp3) is 0.300. The summed E-state index contributed by atoms with van der Waals surface area (Å²) in [6, 6.07) is 9.05. The van der Waals surface area contributed by atoms with Crippen molar-refractivity contribution >= 4 is 29.2 Å². The van der Waals surface area contributed by atoms with E-state index in [1.807, 2.05) is 18.2 Å². The lowest BCUT2D eigenvalue weighted by Gasteiger charge is -2.08. The van der Waals surface area contributed by atoms with Crippen LogP contribution in [0.5, 0.6) is 0 Å². The Bertz CT molecular complexity index is 287. The zero-order valence-electron chi connectivity index (χ0n) is 7.45. The van der Waals surface area contributed by atoms with Gasteiger partial charge in [0.05, 0.1) is 5.88 Å². The zero-order chi connectivity index (χ0) is 10.4. The molecule has 0 saturated carbocycles. The van der Waals surface area contributed by atoms with Gasteiger partial charge in [0.15, 0.2) is 5.38 Å². The molecule has 1 atom stereocenters. The molecule has 4 heteroatoms. The molecule has 76 valence electrons. The van der Waals surface area contributed by atoms with Gasteiger partial charge in [-0.05, 0) is 5.56 Å². The molecule has 1 aromatic carbocycles. The third kappa shape index (κ3) is 3.20. The number of benzene rings is 1. The predicted molar refractivity (Wildman–Crippen MR) is 56.7 cm³/mol. The predicted octanol–water partition coefficient (Wildman–Crippen LogP) is 2.75. The van der Waals surface area contributed by atoms with Crippen molar-refractivity contribution in [3.05, 3.63) is 35.9 Å². The third-order valence-electron chi connectivity index (χ3n) is 1.62.